The van der Waals surface area contributed by atoms with Gasteiger partial charge in [-0.25, -0.2) is 0 Å². The molecule has 0 aliphatic carbocycles. The summed E-state index contributed by atoms with van der Waals surface area (Å²) in [5.41, 5.74) is 2.27. The lowest BCUT2D eigenvalue weighted by Crippen LogP contribution is -2.07. The van der Waals surface area contributed by atoms with E-state index in [-0.39, 0.29) is 11.6 Å². The van der Waals surface area contributed by atoms with Crippen LogP contribution in [0.2, 0.25) is 0 Å². The molecule has 0 bridgehead atoms. The van der Waals surface area contributed by atoms with E-state index >= 15 is 0 Å². The predicted molar refractivity (Wildman–Crippen MR) is 62.3 cm³/mol. The van der Waals surface area contributed by atoms with Gasteiger partial charge in [-0.2, -0.15) is 0 Å². The lowest BCUT2D eigenvalue weighted by Gasteiger charge is -2.08. The topological polar surface area (TPSA) is 37.8 Å². The molecule has 0 spiro atoms. The van der Waals surface area contributed by atoms with Crippen LogP contribution >= 0.6 is 0 Å². The van der Waals surface area contributed by atoms with Gasteiger partial charge in [0.05, 0.1) is 10.9 Å². The van der Waals surface area contributed by atoms with Crippen molar-refractivity contribution >= 4 is 10.9 Å². The summed E-state index contributed by atoms with van der Waals surface area (Å²) in [6, 6.07) is 6.30. The number of rotatable bonds is 2. The molecule has 0 saturated heterocycles. The van der Waals surface area contributed by atoms with Gasteiger partial charge < -0.3 is 0 Å². The maximum absolute atomic E-state index is 11.6. The largest absolute Gasteiger partial charge is 0.282 e. The maximum atomic E-state index is 11.6. The Bertz CT molecular complexity index is 534. The molecule has 0 fully saturated rings. The zero-order valence-electron chi connectivity index (χ0n) is 9.37. The first kappa shape index (κ1) is 10.0. The zero-order chi connectivity index (χ0) is 11.0. The molecule has 2 rings (SSSR count). The Hall–Kier alpha value is -1.51. The summed E-state index contributed by atoms with van der Waals surface area (Å²) in [7, 11) is 0. The monoisotopic (exact) mass is 204 g/mol. The third-order valence-corrected chi connectivity index (χ3v) is 2.71. The molecule has 3 nitrogen and oxygen atoms in total. The minimum atomic E-state index is 0.00125. The first-order valence-electron chi connectivity index (χ1n) is 5.36. The van der Waals surface area contributed by atoms with Gasteiger partial charge in [-0.1, -0.05) is 13.0 Å². The first-order valence-corrected chi connectivity index (χ1v) is 5.36. The van der Waals surface area contributed by atoms with Gasteiger partial charge >= 0.3 is 0 Å². The van der Waals surface area contributed by atoms with E-state index in [1.807, 2.05) is 16.8 Å². The lowest BCUT2D eigenvalue weighted by molar-refractivity contribution is 0.546. The highest BCUT2D eigenvalue weighted by Gasteiger charge is 2.08. The smallest absolute Gasteiger partial charge is 0.271 e. The van der Waals surface area contributed by atoms with Crippen LogP contribution < -0.4 is 5.56 Å². The van der Waals surface area contributed by atoms with Crippen molar-refractivity contribution in [2.45, 2.75) is 33.2 Å². The van der Waals surface area contributed by atoms with Crippen molar-refractivity contribution in [1.29, 1.82) is 0 Å². The summed E-state index contributed by atoms with van der Waals surface area (Å²) >= 11 is 0. The van der Waals surface area contributed by atoms with Crippen LogP contribution in [0, 0.1) is 0 Å². The highest BCUT2D eigenvalue weighted by Crippen LogP contribution is 2.16. The minimum Gasteiger partial charge on any atom is -0.282 e. The molecule has 1 aromatic carbocycles. The summed E-state index contributed by atoms with van der Waals surface area (Å²) in [6.07, 6.45) is 0.993. The minimum absolute atomic E-state index is 0.00125. The van der Waals surface area contributed by atoms with Crippen LogP contribution in [0.15, 0.2) is 23.0 Å². The van der Waals surface area contributed by atoms with Gasteiger partial charge in [0, 0.05) is 6.04 Å². The van der Waals surface area contributed by atoms with Crippen molar-refractivity contribution in [3.05, 3.63) is 34.1 Å². The Balaban J connectivity index is 2.77. The van der Waals surface area contributed by atoms with Gasteiger partial charge in [0.1, 0.15) is 0 Å². The molecule has 1 aromatic heterocycles. The van der Waals surface area contributed by atoms with E-state index in [0.717, 1.165) is 17.3 Å². The molecule has 3 heteroatoms. The van der Waals surface area contributed by atoms with Crippen molar-refractivity contribution in [2.75, 3.05) is 0 Å². The van der Waals surface area contributed by atoms with E-state index in [2.05, 4.69) is 31.9 Å². The summed E-state index contributed by atoms with van der Waals surface area (Å²) in [6.45, 7) is 6.24. The van der Waals surface area contributed by atoms with Crippen LogP contribution in [-0.4, -0.2) is 9.78 Å². The molecule has 0 aliphatic rings. The number of aromatic amines is 1. The number of aromatic nitrogens is 2. The summed E-state index contributed by atoms with van der Waals surface area (Å²) < 4.78 is 1.93. The lowest BCUT2D eigenvalue weighted by atomic mass is 10.1. The molecular weight excluding hydrogens is 188 g/mol. The van der Waals surface area contributed by atoms with Crippen LogP contribution in [-0.2, 0) is 6.42 Å². The molecule has 80 valence electrons. The fourth-order valence-corrected chi connectivity index (χ4v) is 1.83. The van der Waals surface area contributed by atoms with Crippen molar-refractivity contribution in [3.63, 3.8) is 0 Å². The van der Waals surface area contributed by atoms with Gasteiger partial charge in [0.25, 0.3) is 5.56 Å². The maximum Gasteiger partial charge on any atom is 0.271 e. The highest BCUT2D eigenvalue weighted by molar-refractivity contribution is 5.79. The fraction of sp³-hybridized carbons (Fsp3) is 0.417. The molecule has 15 heavy (non-hydrogen) atoms. The van der Waals surface area contributed by atoms with Crippen LogP contribution in [0.3, 0.4) is 0 Å². The van der Waals surface area contributed by atoms with E-state index in [9.17, 15) is 4.79 Å². The van der Waals surface area contributed by atoms with Crippen LogP contribution in [0.4, 0.5) is 0 Å². The number of nitrogens with one attached hydrogen (secondary N) is 1. The number of H-pyrrole nitrogens is 1. The Kier molecular flexibility index (Phi) is 2.39. The van der Waals surface area contributed by atoms with E-state index in [4.69, 9.17) is 0 Å². The zero-order valence-corrected chi connectivity index (χ0v) is 9.37. The molecule has 2 aromatic rings. The first-order chi connectivity index (χ1) is 7.13. The molecule has 1 N–H and O–H groups in total. The van der Waals surface area contributed by atoms with Crippen LogP contribution in [0.1, 0.15) is 32.4 Å². The van der Waals surface area contributed by atoms with Crippen LogP contribution in [0.5, 0.6) is 0 Å². The highest BCUT2D eigenvalue weighted by atomic mass is 16.1. The number of fused-ring (bicyclic) bond motifs is 1. The molecule has 0 radical (unpaired) electrons. The fourth-order valence-electron chi connectivity index (χ4n) is 1.83. The normalized spacial score (nSPS) is 11.5. The van der Waals surface area contributed by atoms with Gasteiger partial charge in [-0.3, -0.25) is 14.6 Å². The standard InChI is InChI=1S/C12H16N2O/c1-4-9-5-6-10-11(7-9)14(8(2)3)13-12(10)15/h5-8H,4H2,1-3H3,(H,13,15). The third kappa shape index (κ3) is 1.58. The Labute approximate surface area is 88.7 Å². The number of hydrogen-bond acceptors (Lipinski definition) is 1. The van der Waals surface area contributed by atoms with E-state index in [0.29, 0.717) is 0 Å². The van der Waals surface area contributed by atoms with Gasteiger partial charge in [-0.15, -0.1) is 0 Å². The number of hydrogen-bond donors (Lipinski definition) is 1. The van der Waals surface area contributed by atoms with Crippen molar-refractivity contribution < 1.29 is 0 Å². The molecular formula is C12H16N2O. The average Bonchev–Trinajstić information content (AvgIpc) is 2.56. The van der Waals surface area contributed by atoms with E-state index in [1.165, 1.54) is 5.56 Å². The molecule has 1 heterocycles. The summed E-state index contributed by atoms with van der Waals surface area (Å²) in [5, 5.41) is 3.64. The van der Waals surface area contributed by atoms with Gasteiger partial charge in [-0.05, 0) is 38.0 Å². The quantitative estimate of drug-likeness (QED) is 0.801. The predicted octanol–water partition coefficient (Wildman–Crippen LogP) is 2.47. The second-order valence-electron chi connectivity index (χ2n) is 4.11. The molecule has 0 amide bonds. The number of aryl methyl sites for hydroxylation is 1. The SMILES string of the molecule is CCc1ccc2c(=O)[nH]n(C(C)C)c2c1. The second kappa shape index (κ2) is 3.57. The van der Waals surface area contributed by atoms with Gasteiger partial charge in [0.2, 0.25) is 0 Å². The van der Waals surface area contributed by atoms with E-state index in [1.54, 1.807) is 0 Å². The Morgan fingerprint density at radius 2 is 2.13 bits per heavy atom. The molecule has 0 atom stereocenters. The third-order valence-electron chi connectivity index (χ3n) is 2.71. The van der Waals surface area contributed by atoms with Crippen LogP contribution in [0.25, 0.3) is 10.9 Å². The number of nitrogens with zero attached hydrogens (tertiary/aromatic N) is 1. The summed E-state index contributed by atoms with van der Waals surface area (Å²) in [5.74, 6) is 0. The number of benzene rings is 1. The average molecular weight is 204 g/mol. The Morgan fingerprint density at radius 3 is 2.73 bits per heavy atom. The van der Waals surface area contributed by atoms with Crippen molar-refractivity contribution in [3.8, 4) is 0 Å². The van der Waals surface area contributed by atoms with Crippen molar-refractivity contribution in [2.24, 2.45) is 0 Å². The van der Waals surface area contributed by atoms with E-state index < -0.39 is 0 Å². The molecule has 0 unspecified atom stereocenters. The summed E-state index contributed by atoms with van der Waals surface area (Å²) in [4.78, 5) is 11.6. The van der Waals surface area contributed by atoms with Gasteiger partial charge in [0.15, 0.2) is 0 Å². The molecule has 0 saturated carbocycles. The molecule has 0 aliphatic heterocycles. The second-order valence-corrected chi connectivity index (χ2v) is 4.11. The Morgan fingerprint density at radius 1 is 1.40 bits per heavy atom. The van der Waals surface area contributed by atoms with Crippen molar-refractivity contribution in [1.82, 2.24) is 9.78 Å².